The van der Waals surface area contributed by atoms with E-state index in [1.54, 1.807) is 11.1 Å². The van der Waals surface area contributed by atoms with Crippen molar-refractivity contribution in [3.63, 3.8) is 0 Å². The van der Waals surface area contributed by atoms with Gasteiger partial charge in [-0.2, -0.15) is 0 Å². The fourth-order valence-corrected chi connectivity index (χ4v) is 12.6. The zero-order valence-electron chi connectivity index (χ0n) is 42.7. The number of fused-ring (bicyclic) bond motifs is 21. The summed E-state index contributed by atoms with van der Waals surface area (Å²) in [5.41, 5.74) is 28.4. The summed E-state index contributed by atoms with van der Waals surface area (Å²) in [5.74, 6) is 0.984. The molecule has 0 heteroatoms. The van der Waals surface area contributed by atoms with Gasteiger partial charge in [0, 0.05) is 11.8 Å². The molecule has 0 saturated heterocycles. The first kappa shape index (κ1) is 46.7. The minimum atomic E-state index is -0.197. The summed E-state index contributed by atoms with van der Waals surface area (Å²) in [7, 11) is 0. The number of benzene rings is 7. The second kappa shape index (κ2) is 19.8. The second-order valence-corrected chi connectivity index (χ2v) is 19.8. The normalized spacial score (nSPS) is 19.1. The Morgan fingerprint density at radius 1 is 0.529 bits per heavy atom. The van der Waals surface area contributed by atoms with Gasteiger partial charge in [-0.3, -0.25) is 0 Å². The Hall–Kier alpha value is -7.02. The Bertz CT molecular complexity index is 3380. The van der Waals surface area contributed by atoms with Crippen molar-refractivity contribution in [2.24, 2.45) is 5.92 Å². The van der Waals surface area contributed by atoms with E-state index in [0.717, 1.165) is 0 Å². The van der Waals surface area contributed by atoms with Crippen LogP contribution in [0.4, 0.5) is 0 Å². The van der Waals surface area contributed by atoms with Gasteiger partial charge in [0.1, 0.15) is 0 Å². The zero-order chi connectivity index (χ0) is 48.5. The number of hydrogen-bond donors (Lipinski definition) is 0. The van der Waals surface area contributed by atoms with Crippen LogP contribution in [-0.2, 0) is 18.3 Å². The van der Waals surface area contributed by atoms with E-state index in [1.807, 2.05) is 13.8 Å². The van der Waals surface area contributed by atoms with Crippen molar-refractivity contribution < 1.29 is 0 Å². The molecular formula is C70H68. The molecule has 0 heterocycles. The van der Waals surface area contributed by atoms with Gasteiger partial charge in [0.25, 0.3) is 0 Å². The van der Waals surface area contributed by atoms with Crippen molar-refractivity contribution in [1.82, 2.24) is 0 Å². The first-order valence-electron chi connectivity index (χ1n) is 26.2. The first-order valence-corrected chi connectivity index (χ1v) is 26.2. The Labute approximate surface area is 419 Å². The van der Waals surface area contributed by atoms with Crippen LogP contribution in [0.25, 0.3) is 51.3 Å². The van der Waals surface area contributed by atoms with Gasteiger partial charge in [0.2, 0.25) is 0 Å². The predicted molar refractivity (Wildman–Crippen MR) is 304 cm³/mol. The highest BCUT2D eigenvalue weighted by Gasteiger charge is 2.51. The highest BCUT2D eigenvalue weighted by atomic mass is 14.5. The summed E-state index contributed by atoms with van der Waals surface area (Å²) in [6.07, 6.45) is 31.3. The van der Waals surface area contributed by atoms with Gasteiger partial charge in [0.05, 0.1) is 5.41 Å². The molecule has 14 rings (SSSR count). The van der Waals surface area contributed by atoms with Gasteiger partial charge in [-0.1, -0.05) is 239 Å². The SMILES string of the molecule is CC.CC1=C2C=CC=CC2C2C(=C1)C=Cc1ccccc12.CCC.Cc1ccc2c(c1)-c1ccccc1C21c2ccccc2-c2c(C)cccc21.Cc1ccc2c3c(c4c(c2c1)C=CCC4)CCC=C3. The molecule has 7 aliphatic rings. The maximum atomic E-state index is 2.36. The first-order chi connectivity index (χ1) is 34.3. The largest absolute Gasteiger partial charge is 0.0836 e. The molecule has 1 spiro atoms. The average molecular weight is 909 g/mol. The molecule has 7 aromatic carbocycles. The molecule has 0 aliphatic heterocycles. The predicted octanol–water partition coefficient (Wildman–Crippen LogP) is 19.0. The molecule has 3 unspecified atom stereocenters. The number of hydrogen-bond acceptors (Lipinski definition) is 0. The van der Waals surface area contributed by atoms with Crippen LogP contribution in [0.15, 0.2) is 193 Å². The summed E-state index contributed by atoms with van der Waals surface area (Å²) in [4.78, 5) is 0. The Morgan fingerprint density at radius 2 is 1.14 bits per heavy atom. The van der Waals surface area contributed by atoms with Gasteiger partial charge in [-0.25, -0.2) is 0 Å². The van der Waals surface area contributed by atoms with Gasteiger partial charge in [-0.05, 0) is 164 Å². The van der Waals surface area contributed by atoms with Crippen molar-refractivity contribution in [3.05, 3.63) is 265 Å². The van der Waals surface area contributed by atoms with Gasteiger partial charge in [-0.15, -0.1) is 0 Å². The summed E-state index contributed by atoms with van der Waals surface area (Å²) in [6, 6.07) is 47.4. The van der Waals surface area contributed by atoms with Crippen molar-refractivity contribution in [2.75, 3.05) is 0 Å². The van der Waals surface area contributed by atoms with Crippen molar-refractivity contribution in [1.29, 1.82) is 0 Å². The molecule has 0 radical (unpaired) electrons. The summed E-state index contributed by atoms with van der Waals surface area (Å²) in [6.45, 7) is 17.1. The molecule has 3 atom stereocenters. The zero-order valence-corrected chi connectivity index (χ0v) is 42.7. The third-order valence-corrected chi connectivity index (χ3v) is 15.3. The standard InChI is InChI=1S/C27H20.C19H16.C19H18.C3H8.C2H6/c1-17-14-15-24-21(16-17)19-9-3-5-11-22(19)27(24)23-12-6-4-10-20(23)26-18(2)8-7-13-25(26)27;1-13-12-15-11-10-14-6-2-3-8-17(14)19(15)18-9-5-4-7-16(13)18;1-13-10-11-18-16-8-3-2-6-14(16)15-7-4-5-9-17(15)19(18)12-13;1-3-2;1-2/h3-16H,1-2H3;2-12,18-19H,1H3;3,5,8-12H,2,4,6-7H2,1H3;3H2,1-2H3;1-2H3. The van der Waals surface area contributed by atoms with Gasteiger partial charge in [0.15, 0.2) is 0 Å². The maximum absolute atomic E-state index is 2.36. The smallest absolute Gasteiger partial charge is 0.0725 e. The monoisotopic (exact) mass is 909 g/mol. The molecule has 0 bridgehead atoms. The molecule has 0 aromatic heterocycles. The fraction of sp³-hybridized carbons (Fsp3) is 0.229. The third-order valence-electron chi connectivity index (χ3n) is 15.3. The van der Waals surface area contributed by atoms with Crippen LogP contribution in [0.2, 0.25) is 0 Å². The van der Waals surface area contributed by atoms with Crippen molar-refractivity contribution in [2.45, 2.75) is 98.8 Å². The minimum Gasteiger partial charge on any atom is -0.0836 e. The van der Waals surface area contributed by atoms with E-state index in [9.17, 15) is 0 Å². The van der Waals surface area contributed by atoms with Crippen LogP contribution < -0.4 is 0 Å². The van der Waals surface area contributed by atoms with E-state index in [1.165, 1.54) is 143 Å². The van der Waals surface area contributed by atoms with Crippen LogP contribution in [0.1, 0.15) is 132 Å². The topological polar surface area (TPSA) is 0 Å². The molecule has 7 aliphatic carbocycles. The number of allylic oxidation sites excluding steroid dienone is 11. The third kappa shape index (κ3) is 7.77. The molecule has 0 fully saturated rings. The lowest BCUT2D eigenvalue weighted by molar-refractivity contribution is 0.638. The highest BCUT2D eigenvalue weighted by Crippen LogP contribution is 2.63. The summed E-state index contributed by atoms with van der Waals surface area (Å²) in [5, 5.41) is 2.87. The van der Waals surface area contributed by atoms with Crippen LogP contribution in [0.5, 0.6) is 0 Å². The molecule has 0 N–H and O–H groups in total. The summed E-state index contributed by atoms with van der Waals surface area (Å²) >= 11 is 0. The average Bonchev–Trinajstić information content (AvgIpc) is 3.87. The maximum Gasteiger partial charge on any atom is 0.0725 e. The van der Waals surface area contributed by atoms with E-state index in [0.29, 0.717) is 11.8 Å². The van der Waals surface area contributed by atoms with E-state index < -0.39 is 0 Å². The van der Waals surface area contributed by atoms with Gasteiger partial charge >= 0.3 is 0 Å². The quantitative estimate of drug-likeness (QED) is 0.142. The lowest BCUT2D eigenvalue weighted by Gasteiger charge is -2.36. The number of rotatable bonds is 0. The van der Waals surface area contributed by atoms with Crippen molar-refractivity contribution >= 4 is 29.0 Å². The van der Waals surface area contributed by atoms with Gasteiger partial charge < -0.3 is 0 Å². The molecule has 70 heavy (non-hydrogen) atoms. The Kier molecular flexibility index (Phi) is 13.2. The second-order valence-electron chi connectivity index (χ2n) is 19.8. The molecular weight excluding hydrogens is 841 g/mol. The van der Waals surface area contributed by atoms with E-state index in [2.05, 4.69) is 236 Å². The van der Waals surface area contributed by atoms with E-state index in [4.69, 9.17) is 0 Å². The highest BCUT2D eigenvalue weighted by molar-refractivity contribution is 6.00. The molecule has 0 amide bonds. The lowest BCUT2D eigenvalue weighted by atomic mass is 9.68. The molecule has 0 nitrogen and oxygen atoms in total. The van der Waals surface area contributed by atoms with Crippen LogP contribution in [0, 0.1) is 26.7 Å². The molecule has 0 saturated carbocycles. The Morgan fingerprint density at radius 3 is 1.90 bits per heavy atom. The van der Waals surface area contributed by atoms with Crippen LogP contribution in [-0.4, -0.2) is 0 Å². The van der Waals surface area contributed by atoms with E-state index in [-0.39, 0.29) is 5.41 Å². The molecule has 7 aromatic rings. The van der Waals surface area contributed by atoms with Crippen molar-refractivity contribution in [3.8, 4) is 22.3 Å². The van der Waals surface area contributed by atoms with Crippen LogP contribution in [0.3, 0.4) is 0 Å². The minimum absolute atomic E-state index is 0.197. The van der Waals surface area contributed by atoms with Crippen LogP contribution >= 0.6 is 0 Å². The summed E-state index contributed by atoms with van der Waals surface area (Å²) < 4.78 is 0. The lowest BCUT2D eigenvalue weighted by Crippen LogP contribution is -2.25. The van der Waals surface area contributed by atoms with E-state index >= 15 is 0 Å². The fourth-order valence-electron chi connectivity index (χ4n) is 12.6. The molecule has 348 valence electrons. The Balaban J connectivity index is 0.000000119. The number of aryl methyl sites for hydroxylation is 3.